The number of fused-ring (bicyclic) bond motifs is 14. The zero-order valence-corrected chi connectivity index (χ0v) is 19.8. The third kappa shape index (κ3) is 2.31. The van der Waals surface area contributed by atoms with Crippen molar-refractivity contribution < 1.29 is 8.78 Å². The molecule has 35 heavy (non-hydrogen) atoms. The summed E-state index contributed by atoms with van der Waals surface area (Å²) in [6.45, 7) is 0. The van der Waals surface area contributed by atoms with Gasteiger partial charge >= 0.3 is 0 Å². The molecule has 0 bridgehead atoms. The molecule has 0 saturated carbocycles. The first-order valence-corrected chi connectivity index (χ1v) is 12.6. The van der Waals surface area contributed by atoms with E-state index in [1.165, 1.54) is 32.3 Å². The van der Waals surface area contributed by atoms with Crippen molar-refractivity contribution in [2.45, 2.75) is 5.41 Å². The van der Waals surface area contributed by atoms with Crippen molar-refractivity contribution in [1.29, 1.82) is 0 Å². The first-order chi connectivity index (χ1) is 17.1. The van der Waals surface area contributed by atoms with Gasteiger partial charge < -0.3 is 0 Å². The highest BCUT2D eigenvalue weighted by atomic mass is 35.5. The smallest absolute Gasteiger partial charge is 0.123 e. The van der Waals surface area contributed by atoms with Gasteiger partial charge in [-0.25, -0.2) is 8.78 Å². The second kappa shape index (κ2) is 6.57. The lowest BCUT2D eigenvalue weighted by Gasteiger charge is -2.30. The lowest BCUT2D eigenvalue weighted by Crippen LogP contribution is -2.26. The minimum Gasteiger partial charge on any atom is -0.207 e. The van der Waals surface area contributed by atoms with E-state index < -0.39 is 5.41 Å². The van der Waals surface area contributed by atoms with Crippen molar-refractivity contribution in [2.24, 2.45) is 0 Å². The lowest BCUT2D eigenvalue weighted by molar-refractivity contribution is 0.618. The number of hydrogen-bond acceptors (Lipinski definition) is 1. The maximum absolute atomic E-state index is 14.8. The molecular formula is C31H15ClF2S. The van der Waals surface area contributed by atoms with Crippen LogP contribution in [0.3, 0.4) is 0 Å². The highest BCUT2D eigenvalue weighted by molar-refractivity contribution is 7.26. The van der Waals surface area contributed by atoms with Gasteiger partial charge in [-0.15, -0.1) is 11.3 Å². The van der Waals surface area contributed by atoms with Crippen LogP contribution < -0.4 is 0 Å². The van der Waals surface area contributed by atoms with E-state index in [-0.39, 0.29) is 11.6 Å². The van der Waals surface area contributed by atoms with E-state index in [0.717, 1.165) is 44.5 Å². The molecule has 0 saturated heterocycles. The standard InChI is InChI=1S/C31H15ClF2S/c32-16-5-8-21-24(13-16)31(23-11-12-28-30(29(21)23)22-3-1-2-4-27(22)35-28)25-14-17(33)6-9-19(25)20-10-7-18(34)15-26(20)31/h1-15H. The fourth-order valence-electron chi connectivity index (χ4n) is 6.45. The highest BCUT2D eigenvalue weighted by Crippen LogP contribution is 2.64. The average Bonchev–Trinajstić information content (AvgIpc) is 3.46. The molecule has 1 spiro atoms. The SMILES string of the molecule is Fc1ccc2c(c1)C1(c3cc(F)ccc3-2)c2cc(Cl)ccc2-c2c1ccc1sc3ccccc3c21. The summed E-state index contributed by atoms with van der Waals surface area (Å²) in [6.07, 6.45) is 0. The zero-order chi connectivity index (χ0) is 23.5. The Bertz CT molecular complexity index is 1850. The van der Waals surface area contributed by atoms with E-state index in [1.807, 2.05) is 24.3 Å². The van der Waals surface area contributed by atoms with Crippen LogP contribution in [0.5, 0.6) is 0 Å². The number of hydrogen-bond donors (Lipinski definition) is 0. The molecule has 0 fully saturated rings. The van der Waals surface area contributed by atoms with Gasteiger partial charge in [-0.2, -0.15) is 0 Å². The molecule has 6 aromatic rings. The van der Waals surface area contributed by atoms with Crippen LogP contribution in [0, 0.1) is 11.6 Å². The molecule has 0 nitrogen and oxygen atoms in total. The van der Waals surface area contributed by atoms with Crippen LogP contribution in [0.15, 0.2) is 91.0 Å². The van der Waals surface area contributed by atoms with E-state index in [1.54, 1.807) is 23.5 Å². The number of benzene rings is 5. The van der Waals surface area contributed by atoms with Crippen LogP contribution in [0.2, 0.25) is 5.02 Å². The van der Waals surface area contributed by atoms with Crippen LogP contribution >= 0.6 is 22.9 Å². The van der Waals surface area contributed by atoms with E-state index in [9.17, 15) is 8.78 Å². The van der Waals surface area contributed by atoms with E-state index in [0.29, 0.717) is 5.02 Å². The van der Waals surface area contributed by atoms with Crippen molar-refractivity contribution in [3.05, 3.63) is 130 Å². The van der Waals surface area contributed by atoms with Gasteiger partial charge in [0, 0.05) is 25.2 Å². The van der Waals surface area contributed by atoms with Gasteiger partial charge in [0.2, 0.25) is 0 Å². The van der Waals surface area contributed by atoms with E-state index in [4.69, 9.17) is 11.6 Å². The molecule has 166 valence electrons. The van der Waals surface area contributed by atoms with Crippen molar-refractivity contribution in [1.82, 2.24) is 0 Å². The number of thiophene rings is 1. The minimum atomic E-state index is -0.846. The van der Waals surface area contributed by atoms with Gasteiger partial charge in [0.15, 0.2) is 0 Å². The van der Waals surface area contributed by atoms with Crippen LogP contribution in [-0.2, 0) is 5.41 Å². The second-order valence-corrected chi connectivity index (χ2v) is 10.8. The molecule has 5 aromatic carbocycles. The molecule has 8 rings (SSSR count). The summed E-state index contributed by atoms with van der Waals surface area (Å²) in [5, 5.41) is 2.98. The summed E-state index contributed by atoms with van der Waals surface area (Å²) < 4.78 is 32.1. The summed E-state index contributed by atoms with van der Waals surface area (Å²) in [5.74, 6) is -0.619. The number of halogens is 3. The first-order valence-electron chi connectivity index (χ1n) is 11.4. The minimum absolute atomic E-state index is 0.310. The van der Waals surface area contributed by atoms with Gasteiger partial charge in [0.25, 0.3) is 0 Å². The Balaban J connectivity index is 1.65. The van der Waals surface area contributed by atoms with Crippen LogP contribution in [0.1, 0.15) is 22.3 Å². The molecule has 0 N–H and O–H groups in total. The molecule has 4 heteroatoms. The topological polar surface area (TPSA) is 0 Å². The predicted octanol–water partition coefficient (Wildman–Crippen LogP) is 9.33. The van der Waals surface area contributed by atoms with Crippen molar-refractivity contribution in [3.63, 3.8) is 0 Å². The summed E-state index contributed by atoms with van der Waals surface area (Å²) >= 11 is 8.36. The molecule has 0 amide bonds. The molecule has 2 aliphatic carbocycles. The second-order valence-electron chi connectivity index (χ2n) is 9.28. The lowest BCUT2D eigenvalue weighted by atomic mass is 9.70. The van der Waals surface area contributed by atoms with Crippen molar-refractivity contribution in [2.75, 3.05) is 0 Å². The summed E-state index contributed by atoms with van der Waals surface area (Å²) in [5.41, 5.74) is 6.87. The first kappa shape index (κ1) is 19.7. The largest absolute Gasteiger partial charge is 0.207 e. The molecule has 0 atom stereocenters. The van der Waals surface area contributed by atoms with Crippen molar-refractivity contribution >= 4 is 43.1 Å². The molecule has 0 radical (unpaired) electrons. The van der Waals surface area contributed by atoms with Gasteiger partial charge in [-0.05, 0) is 93.0 Å². The van der Waals surface area contributed by atoms with Gasteiger partial charge in [0.05, 0.1) is 5.41 Å². The molecule has 0 aliphatic heterocycles. The maximum atomic E-state index is 14.8. The normalized spacial score (nSPS) is 14.4. The Hall–Kier alpha value is -3.53. The quantitative estimate of drug-likeness (QED) is 0.198. The summed E-state index contributed by atoms with van der Waals surface area (Å²) in [4.78, 5) is 0. The monoisotopic (exact) mass is 492 g/mol. The molecule has 1 heterocycles. The maximum Gasteiger partial charge on any atom is 0.123 e. The fraction of sp³-hybridized carbons (Fsp3) is 0.0323. The Kier molecular flexibility index (Phi) is 3.71. The summed E-state index contributed by atoms with van der Waals surface area (Å²) in [7, 11) is 0. The predicted molar refractivity (Wildman–Crippen MR) is 141 cm³/mol. The summed E-state index contributed by atoms with van der Waals surface area (Å²) in [6, 6.07) is 28.5. The molecular weight excluding hydrogens is 478 g/mol. The molecule has 0 unspecified atom stereocenters. The Morgan fingerprint density at radius 3 is 2.00 bits per heavy atom. The average molecular weight is 493 g/mol. The Labute approximate surface area is 209 Å². The number of rotatable bonds is 0. The van der Waals surface area contributed by atoms with E-state index >= 15 is 0 Å². The van der Waals surface area contributed by atoms with Crippen molar-refractivity contribution in [3.8, 4) is 22.3 Å². The van der Waals surface area contributed by atoms with Gasteiger partial charge in [0.1, 0.15) is 11.6 Å². The van der Waals surface area contributed by atoms with Crippen LogP contribution in [-0.4, -0.2) is 0 Å². The highest BCUT2D eigenvalue weighted by Gasteiger charge is 2.52. The van der Waals surface area contributed by atoms with Crippen LogP contribution in [0.25, 0.3) is 42.4 Å². The fourth-order valence-corrected chi connectivity index (χ4v) is 7.73. The van der Waals surface area contributed by atoms with Gasteiger partial charge in [-0.3, -0.25) is 0 Å². The molecule has 1 aromatic heterocycles. The Morgan fingerprint density at radius 2 is 1.26 bits per heavy atom. The zero-order valence-electron chi connectivity index (χ0n) is 18.2. The van der Waals surface area contributed by atoms with Crippen LogP contribution in [0.4, 0.5) is 8.78 Å². The van der Waals surface area contributed by atoms with Gasteiger partial charge in [-0.1, -0.05) is 54.1 Å². The molecule has 2 aliphatic rings. The third-order valence-corrected chi connectivity index (χ3v) is 9.03. The third-order valence-electron chi connectivity index (χ3n) is 7.66. The Morgan fingerprint density at radius 1 is 0.600 bits per heavy atom. The van der Waals surface area contributed by atoms with E-state index in [2.05, 4.69) is 42.5 Å².